The van der Waals surface area contributed by atoms with Gasteiger partial charge in [-0.15, -0.1) is 0 Å². The van der Waals surface area contributed by atoms with Crippen LogP contribution in [0.5, 0.6) is 0 Å². The number of rotatable bonds is 3. The molecule has 110 valence electrons. The molecule has 2 heterocycles. The van der Waals surface area contributed by atoms with Crippen LogP contribution in [0.4, 0.5) is 0 Å². The van der Waals surface area contributed by atoms with Crippen molar-refractivity contribution in [2.24, 2.45) is 0 Å². The van der Waals surface area contributed by atoms with Crippen LogP contribution in [0.1, 0.15) is 30.9 Å². The Balaban J connectivity index is 2.15. The highest BCUT2D eigenvalue weighted by Crippen LogP contribution is 2.31. The average molecular weight is 288 g/mol. The van der Waals surface area contributed by atoms with E-state index in [4.69, 9.17) is 0 Å². The molecule has 0 saturated heterocycles. The van der Waals surface area contributed by atoms with E-state index in [9.17, 15) is 0 Å². The molecule has 0 fully saturated rings. The molecule has 0 radical (unpaired) electrons. The van der Waals surface area contributed by atoms with Gasteiger partial charge in [-0.3, -0.25) is 4.40 Å². The third-order valence-corrected chi connectivity index (χ3v) is 4.56. The van der Waals surface area contributed by atoms with Crippen molar-refractivity contribution < 1.29 is 0 Å². The summed E-state index contributed by atoms with van der Waals surface area (Å²) in [5, 5.41) is 3.92. The predicted octanol–water partition coefficient (Wildman–Crippen LogP) is 5.29. The number of hydrogen-bond donors (Lipinski definition) is 0. The molecular weight excluding hydrogens is 268 g/mol. The van der Waals surface area contributed by atoms with Crippen molar-refractivity contribution in [3.8, 4) is 0 Å². The van der Waals surface area contributed by atoms with Gasteiger partial charge in [-0.1, -0.05) is 37.6 Å². The topological polar surface area (TPSA) is 17.3 Å². The summed E-state index contributed by atoms with van der Waals surface area (Å²) in [6.07, 6.45) is 7.59. The van der Waals surface area contributed by atoms with Crippen LogP contribution in [0.25, 0.3) is 27.3 Å². The van der Waals surface area contributed by atoms with Crippen LogP contribution in [0.2, 0.25) is 0 Å². The Morgan fingerprint density at radius 3 is 2.86 bits per heavy atom. The van der Waals surface area contributed by atoms with Gasteiger partial charge in [0.1, 0.15) is 5.65 Å². The molecule has 4 rings (SSSR count). The molecule has 0 spiro atoms. The molecular formula is C20H20N2. The fourth-order valence-corrected chi connectivity index (χ4v) is 3.44. The molecule has 4 aromatic rings. The number of hydrogen-bond acceptors (Lipinski definition) is 1. The maximum atomic E-state index is 4.57. The number of aryl methyl sites for hydroxylation is 2. The highest BCUT2D eigenvalue weighted by atomic mass is 15.0. The molecule has 0 atom stereocenters. The second-order valence-corrected chi connectivity index (χ2v) is 6.07. The van der Waals surface area contributed by atoms with E-state index in [-0.39, 0.29) is 0 Å². The van der Waals surface area contributed by atoms with E-state index >= 15 is 0 Å². The molecule has 2 heteroatoms. The van der Waals surface area contributed by atoms with Gasteiger partial charge in [-0.05, 0) is 48.4 Å². The maximum Gasteiger partial charge on any atom is 0.145 e. The van der Waals surface area contributed by atoms with E-state index in [1.165, 1.54) is 45.6 Å². The van der Waals surface area contributed by atoms with E-state index in [0.29, 0.717) is 0 Å². The number of pyridine rings is 1. The first-order valence-electron chi connectivity index (χ1n) is 8.06. The van der Waals surface area contributed by atoms with Gasteiger partial charge in [-0.2, -0.15) is 0 Å². The SMILES string of the molecule is CCCCc1ccc2c(c1)c1c(C)cccc1c1nccn21. The number of imidazole rings is 1. The average Bonchev–Trinajstić information content (AvgIpc) is 3.02. The van der Waals surface area contributed by atoms with Crippen LogP contribution in [-0.2, 0) is 6.42 Å². The van der Waals surface area contributed by atoms with Gasteiger partial charge in [0, 0.05) is 23.2 Å². The number of unbranched alkanes of at least 4 members (excludes halogenated alkanes) is 1. The minimum Gasteiger partial charge on any atom is -0.299 e. The van der Waals surface area contributed by atoms with Crippen LogP contribution in [0.3, 0.4) is 0 Å². The lowest BCUT2D eigenvalue weighted by Gasteiger charge is -2.12. The van der Waals surface area contributed by atoms with Crippen LogP contribution in [-0.4, -0.2) is 9.38 Å². The Kier molecular flexibility index (Phi) is 3.11. The zero-order chi connectivity index (χ0) is 15.1. The number of nitrogens with zero attached hydrogens (tertiary/aromatic N) is 2. The summed E-state index contributed by atoms with van der Waals surface area (Å²) in [4.78, 5) is 4.57. The Morgan fingerprint density at radius 1 is 1.09 bits per heavy atom. The fraction of sp³-hybridized carbons (Fsp3) is 0.250. The molecule has 0 bridgehead atoms. The Hall–Kier alpha value is -2.35. The number of aromatic nitrogens is 2. The molecule has 22 heavy (non-hydrogen) atoms. The molecule has 0 saturated carbocycles. The lowest BCUT2D eigenvalue weighted by atomic mass is 9.98. The summed E-state index contributed by atoms with van der Waals surface area (Å²) < 4.78 is 2.21. The van der Waals surface area contributed by atoms with Gasteiger partial charge < -0.3 is 0 Å². The largest absolute Gasteiger partial charge is 0.299 e. The summed E-state index contributed by atoms with van der Waals surface area (Å²) in [6, 6.07) is 13.4. The first-order valence-corrected chi connectivity index (χ1v) is 8.06. The molecule has 2 aromatic carbocycles. The minimum absolute atomic E-state index is 1.05. The molecule has 0 aliphatic rings. The summed E-state index contributed by atoms with van der Waals surface area (Å²) in [5.74, 6) is 0. The number of fused-ring (bicyclic) bond motifs is 6. The normalized spacial score (nSPS) is 11.7. The van der Waals surface area contributed by atoms with E-state index in [1.807, 2.05) is 6.20 Å². The van der Waals surface area contributed by atoms with Gasteiger partial charge in [-0.25, -0.2) is 4.98 Å². The van der Waals surface area contributed by atoms with Gasteiger partial charge in [0.15, 0.2) is 0 Å². The maximum absolute atomic E-state index is 4.57. The van der Waals surface area contributed by atoms with Crippen molar-refractivity contribution in [2.45, 2.75) is 33.1 Å². The van der Waals surface area contributed by atoms with Gasteiger partial charge in [0.25, 0.3) is 0 Å². The zero-order valence-electron chi connectivity index (χ0n) is 13.1. The first kappa shape index (κ1) is 13.3. The molecule has 2 aromatic heterocycles. The Morgan fingerprint density at radius 2 is 2.00 bits per heavy atom. The highest BCUT2D eigenvalue weighted by Gasteiger charge is 2.11. The van der Waals surface area contributed by atoms with Crippen LogP contribution < -0.4 is 0 Å². The number of benzene rings is 2. The van der Waals surface area contributed by atoms with Crippen molar-refractivity contribution in [3.05, 3.63) is 59.9 Å². The van der Waals surface area contributed by atoms with E-state index in [2.05, 4.69) is 65.8 Å². The standard InChI is InChI=1S/C20H20N2/c1-3-4-7-15-9-10-18-17(13-15)19-14(2)6-5-8-16(19)20-21-11-12-22(18)20/h5-6,8-13H,3-4,7H2,1-2H3. The second kappa shape index (κ2) is 5.13. The molecule has 2 nitrogen and oxygen atoms in total. The quantitative estimate of drug-likeness (QED) is 0.468. The minimum atomic E-state index is 1.05. The highest BCUT2D eigenvalue weighted by molar-refractivity contribution is 6.13. The Bertz CT molecular complexity index is 979. The summed E-state index contributed by atoms with van der Waals surface area (Å²) >= 11 is 0. The third kappa shape index (κ3) is 1.91. The van der Waals surface area contributed by atoms with Crippen molar-refractivity contribution in [2.75, 3.05) is 0 Å². The molecule has 0 aliphatic carbocycles. The fourth-order valence-electron chi connectivity index (χ4n) is 3.44. The van der Waals surface area contributed by atoms with Crippen molar-refractivity contribution in [1.82, 2.24) is 9.38 Å². The predicted molar refractivity (Wildman–Crippen MR) is 93.6 cm³/mol. The van der Waals surface area contributed by atoms with E-state index < -0.39 is 0 Å². The lowest BCUT2D eigenvalue weighted by Crippen LogP contribution is -1.94. The van der Waals surface area contributed by atoms with E-state index in [0.717, 1.165) is 12.1 Å². The van der Waals surface area contributed by atoms with Crippen LogP contribution in [0.15, 0.2) is 48.8 Å². The van der Waals surface area contributed by atoms with Crippen molar-refractivity contribution in [3.63, 3.8) is 0 Å². The monoisotopic (exact) mass is 288 g/mol. The lowest BCUT2D eigenvalue weighted by molar-refractivity contribution is 0.796. The van der Waals surface area contributed by atoms with Gasteiger partial charge in [0.05, 0.1) is 5.52 Å². The third-order valence-electron chi connectivity index (χ3n) is 4.56. The van der Waals surface area contributed by atoms with Crippen molar-refractivity contribution in [1.29, 1.82) is 0 Å². The van der Waals surface area contributed by atoms with E-state index in [1.54, 1.807) is 0 Å². The second-order valence-electron chi connectivity index (χ2n) is 6.07. The van der Waals surface area contributed by atoms with Gasteiger partial charge in [0.2, 0.25) is 0 Å². The van der Waals surface area contributed by atoms with Crippen LogP contribution >= 0.6 is 0 Å². The summed E-state index contributed by atoms with van der Waals surface area (Å²) in [5.41, 5.74) is 5.04. The molecule has 0 aliphatic heterocycles. The van der Waals surface area contributed by atoms with Gasteiger partial charge >= 0.3 is 0 Å². The smallest absolute Gasteiger partial charge is 0.145 e. The van der Waals surface area contributed by atoms with Crippen LogP contribution in [0, 0.1) is 6.92 Å². The molecule has 0 N–H and O–H groups in total. The Labute approximate surface area is 130 Å². The molecule has 0 unspecified atom stereocenters. The molecule has 0 amide bonds. The van der Waals surface area contributed by atoms with Crippen molar-refractivity contribution >= 4 is 27.3 Å². The zero-order valence-corrected chi connectivity index (χ0v) is 13.1. The summed E-state index contributed by atoms with van der Waals surface area (Å²) in [7, 11) is 0. The first-order chi connectivity index (χ1) is 10.8. The summed E-state index contributed by atoms with van der Waals surface area (Å²) in [6.45, 7) is 4.44.